The van der Waals surface area contributed by atoms with Gasteiger partial charge in [-0.25, -0.2) is 0 Å². The molecular weight excluding hydrogens is 248 g/mol. The highest BCUT2D eigenvalue weighted by atomic mass is 16.5. The Labute approximate surface area is 126 Å². The second kappa shape index (κ2) is 11.5. The fourth-order valence-corrected chi connectivity index (χ4v) is 2.91. The maximum atomic E-state index is 5.89. The highest BCUT2D eigenvalue weighted by molar-refractivity contribution is 4.74. The number of hydrogen-bond donors (Lipinski definition) is 1. The SMILES string of the molecule is CCCCCC(C)NCCN1CCCC(OCCC)C1. The first kappa shape index (κ1) is 17.9. The van der Waals surface area contributed by atoms with Crippen LogP contribution in [0, 0.1) is 0 Å². The lowest BCUT2D eigenvalue weighted by Gasteiger charge is -2.33. The van der Waals surface area contributed by atoms with Crippen molar-refractivity contribution < 1.29 is 4.74 Å². The first-order chi connectivity index (χ1) is 9.76. The minimum absolute atomic E-state index is 0.477. The van der Waals surface area contributed by atoms with Gasteiger partial charge in [0, 0.05) is 32.3 Å². The zero-order valence-corrected chi connectivity index (χ0v) is 14.0. The molecule has 0 amide bonds. The summed E-state index contributed by atoms with van der Waals surface area (Å²) >= 11 is 0. The zero-order valence-electron chi connectivity index (χ0n) is 14.0. The number of nitrogens with zero attached hydrogens (tertiary/aromatic N) is 1. The van der Waals surface area contributed by atoms with Gasteiger partial charge < -0.3 is 10.1 Å². The predicted molar refractivity (Wildman–Crippen MR) is 87.3 cm³/mol. The average Bonchev–Trinajstić information content (AvgIpc) is 2.46. The second-order valence-electron chi connectivity index (χ2n) is 6.29. The summed E-state index contributed by atoms with van der Waals surface area (Å²) in [4.78, 5) is 2.57. The van der Waals surface area contributed by atoms with E-state index in [0.717, 1.165) is 26.1 Å². The van der Waals surface area contributed by atoms with Crippen LogP contribution in [0.15, 0.2) is 0 Å². The van der Waals surface area contributed by atoms with Gasteiger partial charge in [0.25, 0.3) is 0 Å². The van der Waals surface area contributed by atoms with Crippen molar-refractivity contribution in [3.8, 4) is 0 Å². The van der Waals surface area contributed by atoms with Crippen LogP contribution in [0.3, 0.4) is 0 Å². The Kier molecular flexibility index (Phi) is 10.3. The molecule has 3 nitrogen and oxygen atoms in total. The van der Waals surface area contributed by atoms with Crippen molar-refractivity contribution in [3.05, 3.63) is 0 Å². The van der Waals surface area contributed by atoms with Crippen LogP contribution in [0.2, 0.25) is 0 Å². The minimum Gasteiger partial charge on any atom is -0.377 e. The summed E-state index contributed by atoms with van der Waals surface area (Å²) in [6, 6.07) is 0.665. The maximum Gasteiger partial charge on any atom is 0.0702 e. The molecule has 1 aliphatic heterocycles. The van der Waals surface area contributed by atoms with Gasteiger partial charge in [0.1, 0.15) is 0 Å². The molecule has 120 valence electrons. The number of ether oxygens (including phenoxy) is 1. The highest BCUT2D eigenvalue weighted by Gasteiger charge is 2.19. The first-order valence-electron chi connectivity index (χ1n) is 8.83. The molecule has 1 N–H and O–H groups in total. The molecule has 1 saturated heterocycles. The van der Waals surface area contributed by atoms with E-state index in [4.69, 9.17) is 4.74 Å². The maximum absolute atomic E-state index is 5.89. The molecule has 0 bridgehead atoms. The van der Waals surface area contributed by atoms with Crippen molar-refractivity contribution in [2.24, 2.45) is 0 Å². The molecule has 1 heterocycles. The van der Waals surface area contributed by atoms with E-state index in [9.17, 15) is 0 Å². The summed E-state index contributed by atoms with van der Waals surface area (Å²) in [6.07, 6.45) is 9.52. The Bertz CT molecular complexity index is 223. The van der Waals surface area contributed by atoms with Gasteiger partial charge in [-0.05, 0) is 39.2 Å². The van der Waals surface area contributed by atoms with Crippen molar-refractivity contribution >= 4 is 0 Å². The van der Waals surface area contributed by atoms with Crippen LogP contribution in [0.5, 0.6) is 0 Å². The van der Waals surface area contributed by atoms with Gasteiger partial charge in [-0.15, -0.1) is 0 Å². The van der Waals surface area contributed by atoms with Gasteiger partial charge in [-0.3, -0.25) is 4.90 Å². The molecule has 1 aliphatic rings. The van der Waals surface area contributed by atoms with E-state index in [1.165, 1.54) is 51.6 Å². The fraction of sp³-hybridized carbons (Fsp3) is 1.00. The van der Waals surface area contributed by atoms with E-state index >= 15 is 0 Å². The molecule has 0 aromatic carbocycles. The summed E-state index contributed by atoms with van der Waals surface area (Å²) in [7, 11) is 0. The van der Waals surface area contributed by atoms with Crippen molar-refractivity contribution in [2.45, 2.75) is 77.9 Å². The highest BCUT2D eigenvalue weighted by Crippen LogP contribution is 2.13. The van der Waals surface area contributed by atoms with E-state index in [1.807, 2.05) is 0 Å². The molecule has 0 saturated carbocycles. The molecule has 0 aromatic heterocycles. The van der Waals surface area contributed by atoms with E-state index in [-0.39, 0.29) is 0 Å². The quantitative estimate of drug-likeness (QED) is 0.588. The number of piperidine rings is 1. The second-order valence-corrected chi connectivity index (χ2v) is 6.29. The smallest absolute Gasteiger partial charge is 0.0702 e. The molecule has 1 rings (SSSR count). The number of likely N-dealkylation sites (tertiary alicyclic amines) is 1. The lowest BCUT2D eigenvalue weighted by atomic mass is 10.1. The Morgan fingerprint density at radius 3 is 2.85 bits per heavy atom. The number of nitrogens with one attached hydrogen (secondary N) is 1. The third-order valence-electron chi connectivity index (χ3n) is 4.18. The Balaban J connectivity index is 2.05. The lowest BCUT2D eigenvalue weighted by Crippen LogP contribution is -2.43. The molecule has 2 atom stereocenters. The molecule has 3 heteroatoms. The van der Waals surface area contributed by atoms with Crippen LogP contribution >= 0.6 is 0 Å². The van der Waals surface area contributed by atoms with Gasteiger partial charge in [0.15, 0.2) is 0 Å². The zero-order chi connectivity index (χ0) is 14.6. The fourth-order valence-electron chi connectivity index (χ4n) is 2.91. The van der Waals surface area contributed by atoms with Gasteiger partial charge in [0.2, 0.25) is 0 Å². The summed E-state index contributed by atoms with van der Waals surface area (Å²) in [5, 5.41) is 3.66. The number of hydrogen-bond acceptors (Lipinski definition) is 3. The molecule has 1 fully saturated rings. The van der Waals surface area contributed by atoms with Crippen molar-refractivity contribution in [2.75, 3.05) is 32.8 Å². The summed E-state index contributed by atoms with van der Waals surface area (Å²) < 4.78 is 5.89. The van der Waals surface area contributed by atoms with E-state index in [1.54, 1.807) is 0 Å². The van der Waals surface area contributed by atoms with Crippen LogP contribution in [-0.2, 0) is 4.74 Å². The third-order valence-corrected chi connectivity index (χ3v) is 4.18. The molecule has 0 aromatic rings. The third kappa shape index (κ3) is 8.23. The summed E-state index contributed by atoms with van der Waals surface area (Å²) in [5.74, 6) is 0. The molecule has 0 spiro atoms. The Morgan fingerprint density at radius 1 is 1.25 bits per heavy atom. The average molecular weight is 284 g/mol. The molecule has 2 unspecified atom stereocenters. The van der Waals surface area contributed by atoms with Crippen molar-refractivity contribution in [1.29, 1.82) is 0 Å². The van der Waals surface area contributed by atoms with Gasteiger partial charge >= 0.3 is 0 Å². The minimum atomic E-state index is 0.477. The Morgan fingerprint density at radius 2 is 2.10 bits per heavy atom. The predicted octanol–water partition coefficient (Wildman–Crippen LogP) is 3.44. The van der Waals surface area contributed by atoms with Crippen LogP contribution in [0.1, 0.15) is 65.7 Å². The lowest BCUT2D eigenvalue weighted by molar-refractivity contribution is 0.000241. The summed E-state index contributed by atoms with van der Waals surface area (Å²) in [5.41, 5.74) is 0. The van der Waals surface area contributed by atoms with Crippen LogP contribution in [-0.4, -0.2) is 49.8 Å². The molecule has 0 radical (unpaired) electrons. The molecule has 20 heavy (non-hydrogen) atoms. The van der Waals surface area contributed by atoms with Crippen LogP contribution in [0.4, 0.5) is 0 Å². The largest absolute Gasteiger partial charge is 0.377 e. The van der Waals surface area contributed by atoms with Gasteiger partial charge in [-0.2, -0.15) is 0 Å². The number of unbranched alkanes of at least 4 members (excludes halogenated alkanes) is 2. The van der Waals surface area contributed by atoms with Gasteiger partial charge in [0.05, 0.1) is 6.10 Å². The van der Waals surface area contributed by atoms with Crippen LogP contribution < -0.4 is 5.32 Å². The topological polar surface area (TPSA) is 24.5 Å². The van der Waals surface area contributed by atoms with Crippen LogP contribution in [0.25, 0.3) is 0 Å². The van der Waals surface area contributed by atoms with Crippen molar-refractivity contribution in [1.82, 2.24) is 10.2 Å². The van der Waals surface area contributed by atoms with Crippen molar-refractivity contribution in [3.63, 3.8) is 0 Å². The van der Waals surface area contributed by atoms with Gasteiger partial charge in [-0.1, -0.05) is 33.1 Å². The van der Waals surface area contributed by atoms with E-state index in [2.05, 4.69) is 31.0 Å². The summed E-state index contributed by atoms with van der Waals surface area (Å²) in [6.45, 7) is 12.4. The Hall–Kier alpha value is -0.120. The molecular formula is C17H36N2O. The monoisotopic (exact) mass is 284 g/mol. The van der Waals surface area contributed by atoms with E-state index < -0.39 is 0 Å². The normalized spacial score (nSPS) is 22.1. The first-order valence-corrected chi connectivity index (χ1v) is 8.83. The standard InChI is InChI=1S/C17H36N2O/c1-4-6-7-9-16(3)18-11-13-19-12-8-10-17(15-19)20-14-5-2/h16-18H,4-15H2,1-3H3. The number of rotatable bonds is 11. The van der Waals surface area contributed by atoms with E-state index in [0.29, 0.717) is 12.1 Å². The molecule has 0 aliphatic carbocycles.